The average molecular weight is 346 g/mol. The van der Waals surface area contributed by atoms with Crippen molar-refractivity contribution in [1.82, 2.24) is 0 Å². The highest BCUT2D eigenvalue weighted by Crippen LogP contribution is 2.43. The molecule has 1 nitrogen and oxygen atoms in total. The lowest BCUT2D eigenvalue weighted by Crippen LogP contribution is -1.91. The molecule has 0 radical (unpaired) electrons. The molecule has 0 heterocycles. The van der Waals surface area contributed by atoms with Gasteiger partial charge in [0.05, 0.1) is 0 Å². The van der Waals surface area contributed by atoms with E-state index in [2.05, 4.69) is 54.6 Å². The topological polar surface area (TPSA) is 9.23 Å². The number of fused-ring (bicyclic) bond motifs is 3. The van der Waals surface area contributed by atoms with Gasteiger partial charge < -0.3 is 4.74 Å². The molecule has 0 bridgehead atoms. The first-order chi connectivity index (χ1) is 13.4. The van der Waals surface area contributed by atoms with Gasteiger partial charge in [-0.3, -0.25) is 0 Å². The molecule has 1 aliphatic rings. The molecule has 1 aliphatic carbocycles. The molecule has 1 heteroatoms. The molecule has 0 N–H and O–H groups in total. The van der Waals surface area contributed by atoms with E-state index in [0.717, 1.165) is 29.7 Å². The van der Waals surface area contributed by atoms with Gasteiger partial charge in [-0.1, -0.05) is 60.7 Å². The minimum Gasteiger partial charge on any atom is -0.456 e. The number of hydrogen-bond acceptors (Lipinski definition) is 1. The molecule has 0 amide bonds. The van der Waals surface area contributed by atoms with Crippen molar-refractivity contribution in [3.63, 3.8) is 0 Å². The Balaban J connectivity index is 1.77. The fraction of sp³-hybridized carbons (Fsp3) is 0.0769. The maximum atomic E-state index is 6.47. The summed E-state index contributed by atoms with van der Waals surface area (Å²) in [5.74, 6) is 1.84. The first-order valence-electron chi connectivity index (χ1n) is 9.50. The predicted molar refractivity (Wildman–Crippen MR) is 113 cm³/mol. The van der Waals surface area contributed by atoms with Crippen LogP contribution in [0.4, 0.5) is 0 Å². The van der Waals surface area contributed by atoms with E-state index in [0.29, 0.717) is 0 Å². The van der Waals surface area contributed by atoms with Crippen LogP contribution >= 0.6 is 0 Å². The molecule has 0 spiro atoms. The number of para-hydroxylation sites is 1. The minimum absolute atomic E-state index is 0.875. The van der Waals surface area contributed by atoms with E-state index in [9.17, 15) is 0 Å². The van der Waals surface area contributed by atoms with E-state index in [4.69, 9.17) is 4.74 Å². The van der Waals surface area contributed by atoms with Gasteiger partial charge in [-0.25, -0.2) is 0 Å². The smallest absolute Gasteiger partial charge is 0.143 e. The van der Waals surface area contributed by atoms with Crippen LogP contribution in [-0.2, 0) is 12.8 Å². The van der Waals surface area contributed by atoms with Crippen molar-refractivity contribution in [1.29, 1.82) is 0 Å². The lowest BCUT2D eigenvalue weighted by atomic mass is 9.94. The summed E-state index contributed by atoms with van der Waals surface area (Å²) in [6.45, 7) is 0. The van der Waals surface area contributed by atoms with Crippen LogP contribution in [0.25, 0.3) is 32.3 Å². The number of ether oxygens (including phenoxy) is 1. The Morgan fingerprint density at radius 3 is 2.26 bits per heavy atom. The molecule has 0 aliphatic heterocycles. The summed E-state index contributed by atoms with van der Waals surface area (Å²) in [5, 5.41) is 7.66. The Labute approximate surface area is 157 Å². The normalized spacial score (nSPS) is 12.9. The van der Waals surface area contributed by atoms with Gasteiger partial charge in [0, 0.05) is 10.8 Å². The maximum Gasteiger partial charge on any atom is 0.143 e. The molecular weight excluding hydrogens is 328 g/mol. The van der Waals surface area contributed by atoms with Crippen molar-refractivity contribution >= 4 is 32.3 Å². The van der Waals surface area contributed by atoms with Crippen LogP contribution in [0.15, 0.2) is 84.9 Å². The van der Waals surface area contributed by atoms with E-state index >= 15 is 0 Å². The van der Waals surface area contributed by atoms with Gasteiger partial charge in [-0.05, 0) is 69.8 Å². The Morgan fingerprint density at radius 2 is 1.33 bits per heavy atom. The Morgan fingerprint density at radius 1 is 0.556 bits per heavy atom. The second-order valence-corrected chi connectivity index (χ2v) is 7.31. The highest BCUT2D eigenvalue weighted by atomic mass is 16.5. The van der Waals surface area contributed by atoms with E-state index in [-0.39, 0.29) is 0 Å². The van der Waals surface area contributed by atoms with Crippen molar-refractivity contribution in [3.8, 4) is 11.5 Å². The van der Waals surface area contributed by atoms with Gasteiger partial charge >= 0.3 is 0 Å². The first kappa shape index (κ1) is 14.8. The Bertz CT molecular complexity index is 1330. The Kier molecular flexibility index (Phi) is 3.06. The molecule has 0 saturated carbocycles. The monoisotopic (exact) mass is 346 g/mol. The van der Waals surface area contributed by atoms with Gasteiger partial charge in [0.15, 0.2) is 0 Å². The average Bonchev–Trinajstić information content (AvgIpc) is 3.14. The molecule has 0 aromatic heterocycles. The van der Waals surface area contributed by atoms with Crippen molar-refractivity contribution in [2.45, 2.75) is 12.8 Å². The summed E-state index contributed by atoms with van der Waals surface area (Å²) in [5.41, 5.74) is 2.92. The van der Waals surface area contributed by atoms with Gasteiger partial charge in [-0.2, -0.15) is 0 Å². The fourth-order valence-electron chi connectivity index (χ4n) is 4.54. The molecule has 0 unspecified atom stereocenters. The molecule has 5 aromatic rings. The van der Waals surface area contributed by atoms with Gasteiger partial charge in [-0.15, -0.1) is 0 Å². The van der Waals surface area contributed by atoms with Crippen LogP contribution in [0, 0.1) is 0 Å². The summed E-state index contributed by atoms with van der Waals surface area (Å²) < 4.78 is 6.47. The summed E-state index contributed by atoms with van der Waals surface area (Å²) in [7, 11) is 0. The third kappa shape index (κ3) is 2.18. The standard InChI is InChI=1S/C26H18O/c1-2-9-20(10-3-1)27-26-21-11-5-4-7-18(21)15-23-22-12-6-8-17-13-14-19(25(17)22)16-24(23)26/h1-12,15-16H,13-14H2. The van der Waals surface area contributed by atoms with Crippen LogP contribution in [0.1, 0.15) is 11.1 Å². The van der Waals surface area contributed by atoms with E-state index in [1.54, 1.807) is 0 Å². The van der Waals surface area contributed by atoms with Crippen LogP contribution in [0.5, 0.6) is 11.5 Å². The summed E-state index contributed by atoms with van der Waals surface area (Å²) in [4.78, 5) is 0. The third-order valence-corrected chi connectivity index (χ3v) is 5.75. The van der Waals surface area contributed by atoms with Gasteiger partial charge in [0.25, 0.3) is 0 Å². The largest absolute Gasteiger partial charge is 0.456 e. The zero-order valence-electron chi connectivity index (χ0n) is 14.9. The van der Waals surface area contributed by atoms with Crippen molar-refractivity contribution < 1.29 is 4.74 Å². The zero-order chi connectivity index (χ0) is 17.8. The third-order valence-electron chi connectivity index (χ3n) is 5.75. The summed E-state index contributed by atoms with van der Waals surface area (Å²) in [6, 6.07) is 30.0. The van der Waals surface area contributed by atoms with Crippen molar-refractivity contribution in [3.05, 3.63) is 96.1 Å². The highest BCUT2D eigenvalue weighted by molar-refractivity contribution is 6.17. The quantitative estimate of drug-likeness (QED) is 0.246. The van der Waals surface area contributed by atoms with E-state index in [1.165, 1.54) is 38.1 Å². The lowest BCUT2D eigenvalue weighted by molar-refractivity contribution is 0.494. The second-order valence-electron chi connectivity index (χ2n) is 7.31. The SMILES string of the molecule is c1ccc(Oc2c3ccccc3cc3c2cc2c4c(cccc43)CC2)cc1. The summed E-state index contributed by atoms with van der Waals surface area (Å²) in [6.07, 6.45) is 2.25. The molecular formula is C26H18O. The maximum absolute atomic E-state index is 6.47. The molecule has 5 aromatic carbocycles. The number of hydrogen-bond donors (Lipinski definition) is 0. The van der Waals surface area contributed by atoms with Gasteiger partial charge in [0.2, 0.25) is 0 Å². The van der Waals surface area contributed by atoms with Crippen LogP contribution in [-0.4, -0.2) is 0 Å². The van der Waals surface area contributed by atoms with Gasteiger partial charge in [0.1, 0.15) is 11.5 Å². The molecule has 6 rings (SSSR count). The van der Waals surface area contributed by atoms with Crippen molar-refractivity contribution in [2.75, 3.05) is 0 Å². The number of rotatable bonds is 2. The molecule has 27 heavy (non-hydrogen) atoms. The minimum atomic E-state index is 0.875. The van der Waals surface area contributed by atoms with E-state index < -0.39 is 0 Å². The molecule has 128 valence electrons. The van der Waals surface area contributed by atoms with E-state index in [1.807, 2.05) is 30.3 Å². The Hall–Kier alpha value is -3.32. The molecule has 0 fully saturated rings. The first-order valence-corrected chi connectivity index (χ1v) is 9.50. The van der Waals surface area contributed by atoms with Crippen LogP contribution in [0.2, 0.25) is 0 Å². The van der Waals surface area contributed by atoms with Crippen LogP contribution < -0.4 is 4.74 Å². The second kappa shape index (κ2) is 5.59. The number of benzene rings is 5. The summed E-state index contributed by atoms with van der Waals surface area (Å²) >= 11 is 0. The number of aryl methyl sites for hydroxylation is 2. The van der Waals surface area contributed by atoms with Crippen LogP contribution in [0.3, 0.4) is 0 Å². The molecule has 0 atom stereocenters. The highest BCUT2D eigenvalue weighted by Gasteiger charge is 2.19. The predicted octanol–water partition coefficient (Wildman–Crippen LogP) is 7.04. The molecule has 0 saturated heterocycles. The zero-order valence-corrected chi connectivity index (χ0v) is 14.9. The fourth-order valence-corrected chi connectivity index (χ4v) is 4.54. The lowest BCUT2D eigenvalue weighted by Gasteiger charge is -2.15. The van der Waals surface area contributed by atoms with Crippen molar-refractivity contribution in [2.24, 2.45) is 0 Å².